The summed E-state index contributed by atoms with van der Waals surface area (Å²) in [4.78, 5) is 10.5. The summed E-state index contributed by atoms with van der Waals surface area (Å²) in [5.74, 6) is 0.379. The number of hydrogen-bond donors (Lipinski definition) is 0. The average molecular weight is 251 g/mol. The highest BCUT2D eigenvalue weighted by Gasteiger charge is 2.03. The largest absolute Gasteiger partial charge is 0.532 e. The van der Waals surface area contributed by atoms with E-state index in [-0.39, 0.29) is 0 Å². The molecule has 0 saturated heterocycles. The number of hydrogen-bond acceptors (Lipinski definition) is 3. The maximum absolute atomic E-state index is 10.5. The Balaban J connectivity index is 2.64. The number of carbonyl (C=O) groups excluding carboxylic acids is 1. The van der Waals surface area contributed by atoms with Crippen LogP contribution in [0.15, 0.2) is 28.7 Å². The predicted molar refractivity (Wildman–Crippen MR) is 47.1 cm³/mol. The third-order valence-electron chi connectivity index (χ3n) is 1.08. The van der Waals surface area contributed by atoms with Crippen LogP contribution >= 0.6 is 27.8 Å². The van der Waals surface area contributed by atoms with Gasteiger partial charge in [-0.3, -0.25) is 0 Å². The molecule has 0 aromatic heterocycles. The van der Waals surface area contributed by atoms with E-state index in [1.54, 1.807) is 24.3 Å². The first-order valence-electron chi connectivity index (χ1n) is 2.98. The molecule has 12 heavy (non-hydrogen) atoms. The molecule has 0 amide bonds. The number of rotatable bonds is 1. The number of ether oxygens (including phenoxy) is 1. The van der Waals surface area contributed by atoms with E-state index in [0.717, 1.165) is 4.47 Å². The summed E-state index contributed by atoms with van der Waals surface area (Å²) in [6, 6.07) is 6.68. The fourth-order valence-corrected chi connectivity index (χ4v) is 0.910. The van der Waals surface area contributed by atoms with Crippen molar-refractivity contribution >= 4 is 34.0 Å². The third-order valence-corrected chi connectivity index (χ3v) is 1.73. The van der Waals surface area contributed by atoms with Gasteiger partial charge >= 0.3 is 6.16 Å². The van der Waals surface area contributed by atoms with Crippen LogP contribution in [0.2, 0.25) is 0 Å². The molecular formula is C7H4BrClO3. The monoisotopic (exact) mass is 250 g/mol. The topological polar surface area (TPSA) is 35.5 Å². The lowest BCUT2D eigenvalue weighted by Gasteiger charge is -1.99. The van der Waals surface area contributed by atoms with Crippen LogP contribution in [-0.2, 0) is 4.29 Å². The lowest BCUT2D eigenvalue weighted by atomic mass is 10.3. The number of halogens is 2. The zero-order valence-electron chi connectivity index (χ0n) is 5.79. The van der Waals surface area contributed by atoms with Crippen LogP contribution < -0.4 is 4.74 Å². The lowest BCUT2D eigenvalue weighted by Crippen LogP contribution is -2.04. The summed E-state index contributed by atoms with van der Waals surface area (Å²) >= 11 is 7.98. The van der Waals surface area contributed by atoms with Crippen LogP contribution in [0.3, 0.4) is 0 Å². The molecular weight excluding hydrogens is 247 g/mol. The predicted octanol–water partition coefficient (Wildman–Crippen LogP) is 3.12. The van der Waals surface area contributed by atoms with E-state index in [1.165, 1.54) is 0 Å². The molecule has 0 radical (unpaired) electrons. The van der Waals surface area contributed by atoms with E-state index in [9.17, 15) is 4.79 Å². The zero-order valence-corrected chi connectivity index (χ0v) is 8.13. The molecule has 0 aliphatic heterocycles. The van der Waals surface area contributed by atoms with E-state index in [1.807, 2.05) is 0 Å². The van der Waals surface area contributed by atoms with Gasteiger partial charge in [0.2, 0.25) is 0 Å². The molecule has 0 unspecified atom stereocenters. The second-order valence-electron chi connectivity index (χ2n) is 1.88. The smallest absolute Gasteiger partial charge is 0.394 e. The zero-order chi connectivity index (χ0) is 8.97. The standard InChI is InChI=1S/C7H4BrClO3/c8-5-1-3-6(4-2-5)11-7(10)12-9/h1-4H. The van der Waals surface area contributed by atoms with E-state index < -0.39 is 6.16 Å². The van der Waals surface area contributed by atoms with Crippen molar-refractivity contribution in [2.75, 3.05) is 0 Å². The van der Waals surface area contributed by atoms with Gasteiger partial charge in [-0.2, -0.15) is 0 Å². The highest BCUT2D eigenvalue weighted by atomic mass is 79.9. The first-order chi connectivity index (χ1) is 5.72. The van der Waals surface area contributed by atoms with Crippen molar-refractivity contribution in [3.05, 3.63) is 28.7 Å². The molecule has 0 aliphatic carbocycles. The molecule has 1 rings (SSSR count). The highest BCUT2D eigenvalue weighted by Crippen LogP contribution is 2.16. The van der Waals surface area contributed by atoms with E-state index in [2.05, 4.69) is 25.0 Å². The van der Waals surface area contributed by atoms with Gasteiger partial charge in [0, 0.05) is 4.47 Å². The fraction of sp³-hybridized carbons (Fsp3) is 0. The SMILES string of the molecule is O=C(OCl)Oc1ccc(Br)cc1. The van der Waals surface area contributed by atoms with Crippen LogP contribution in [0.5, 0.6) is 5.75 Å². The molecule has 1 aromatic rings. The van der Waals surface area contributed by atoms with Gasteiger partial charge in [0.15, 0.2) is 0 Å². The second kappa shape index (κ2) is 4.33. The van der Waals surface area contributed by atoms with Crippen LogP contribution in [0.1, 0.15) is 0 Å². The molecule has 0 N–H and O–H groups in total. The van der Waals surface area contributed by atoms with Crippen molar-refractivity contribution in [3.8, 4) is 5.75 Å². The molecule has 0 heterocycles. The summed E-state index contributed by atoms with van der Waals surface area (Å²) in [6.45, 7) is 0. The average Bonchev–Trinajstić information content (AvgIpc) is 2.09. The molecule has 0 fully saturated rings. The Hall–Kier alpha value is -0.740. The normalized spacial score (nSPS) is 9.17. The molecule has 0 bridgehead atoms. The van der Waals surface area contributed by atoms with Gasteiger partial charge in [-0.15, -0.1) is 0 Å². The Morgan fingerprint density at radius 1 is 1.33 bits per heavy atom. The minimum Gasteiger partial charge on any atom is -0.394 e. The molecule has 0 aliphatic rings. The van der Waals surface area contributed by atoms with Gasteiger partial charge < -0.3 is 9.03 Å². The van der Waals surface area contributed by atoms with Crippen molar-refractivity contribution in [2.45, 2.75) is 0 Å². The van der Waals surface area contributed by atoms with Gasteiger partial charge in [-0.05, 0) is 24.3 Å². The van der Waals surface area contributed by atoms with Gasteiger partial charge in [-0.25, -0.2) is 4.79 Å². The van der Waals surface area contributed by atoms with Gasteiger partial charge in [0.25, 0.3) is 0 Å². The van der Waals surface area contributed by atoms with Crippen molar-refractivity contribution in [1.82, 2.24) is 0 Å². The van der Waals surface area contributed by atoms with Crippen LogP contribution in [0.25, 0.3) is 0 Å². The Kier molecular flexibility index (Phi) is 3.37. The Morgan fingerprint density at radius 3 is 2.42 bits per heavy atom. The van der Waals surface area contributed by atoms with E-state index >= 15 is 0 Å². The number of carbonyl (C=O) groups is 1. The van der Waals surface area contributed by atoms with Crippen LogP contribution in [0.4, 0.5) is 4.79 Å². The summed E-state index contributed by atoms with van der Waals surface area (Å²) < 4.78 is 9.29. The van der Waals surface area contributed by atoms with Crippen LogP contribution in [0, 0.1) is 0 Å². The van der Waals surface area contributed by atoms with Crippen molar-refractivity contribution in [1.29, 1.82) is 0 Å². The van der Waals surface area contributed by atoms with E-state index in [4.69, 9.17) is 11.9 Å². The number of benzene rings is 1. The first kappa shape index (κ1) is 9.35. The Labute approximate surface area is 82.5 Å². The quantitative estimate of drug-likeness (QED) is 0.568. The van der Waals surface area contributed by atoms with Gasteiger partial charge in [0.05, 0.1) is 0 Å². The summed E-state index contributed by atoms with van der Waals surface area (Å²) in [5, 5.41) is 0. The maximum Gasteiger partial charge on any atom is 0.532 e. The summed E-state index contributed by atoms with van der Waals surface area (Å²) in [6.07, 6.45) is -0.945. The van der Waals surface area contributed by atoms with Crippen molar-refractivity contribution < 1.29 is 13.8 Å². The van der Waals surface area contributed by atoms with Crippen molar-refractivity contribution in [2.24, 2.45) is 0 Å². The molecule has 5 heteroatoms. The van der Waals surface area contributed by atoms with E-state index in [0.29, 0.717) is 5.75 Å². The van der Waals surface area contributed by atoms with Gasteiger partial charge in [-0.1, -0.05) is 15.9 Å². The maximum atomic E-state index is 10.5. The lowest BCUT2D eigenvalue weighted by molar-refractivity contribution is 0.156. The first-order valence-corrected chi connectivity index (χ1v) is 4.08. The molecule has 0 saturated carbocycles. The summed E-state index contributed by atoms with van der Waals surface area (Å²) in [5.41, 5.74) is 0. The van der Waals surface area contributed by atoms with Crippen molar-refractivity contribution in [3.63, 3.8) is 0 Å². The second-order valence-corrected chi connectivity index (χ2v) is 2.95. The Morgan fingerprint density at radius 2 is 1.92 bits per heavy atom. The minimum absolute atomic E-state index is 0.379. The third kappa shape index (κ3) is 2.71. The molecule has 0 spiro atoms. The van der Waals surface area contributed by atoms with Gasteiger partial charge in [0.1, 0.15) is 17.6 Å². The fourth-order valence-electron chi connectivity index (χ4n) is 0.615. The highest BCUT2D eigenvalue weighted by molar-refractivity contribution is 9.10. The van der Waals surface area contributed by atoms with Crippen LogP contribution in [-0.4, -0.2) is 6.16 Å². The molecule has 3 nitrogen and oxygen atoms in total. The minimum atomic E-state index is -0.945. The molecule has 1 aromatic carbocycles. The molecule has 0 atom stereocenters. The Bertz CT molecular complexity index is 272. The molecule has 64 valence electrons. The summed E-state index contributed by atoms with van der Waals surface area (Å²) in [7, 11) is 0.